The first-order valence-electron chi connectivity index (χ1n) is 6.17. The third-order valence-electron chi connectivity index (χ3n) is 2.90. The molecule has 0 saturated carbocycles. The molecule has 0 aliphatic rings. The van der Waals surface area contributed by atoms with Crippen molar-refractivity contribution in [2.75, 3.05) is 11.8 Å². The van der Waals surface area contributed by atoms with Crippen LogP contribution in [0.15, 0.2) is 47.4 Å². The van der Waals surface area contributed by atoms with Crippen molar-refractivity contribution < 1.29 is 26.3 Å². The zero-order valence-electron chi connectivity index (χ0n) is 11.7. The molecule has 2 aromatic carbocycles. The lowest BCUT2D eigenvalue weighted by molar-refractivity contribution is -0.136. The van der Waals surface area contributed by atoms with E-state index in [4.69, 9.17) is 16.3 Å². The Kier molecular flexibility index (Phi) is 4.76. The molecule has 2 rings (SSSR count). The van der Waals surface area contributed by atoms with Gasteiger partial charge in [-0.2, -0.15) is 13.2 Å². The molecule has 0 radical (unpaired) electrons. The largest absolute Gasteiger partial charge is 0.497 e. The fraction of sp³-hybridized carbons (Fsp3) is 0.143. The van der Waals surface area contributed by atoms with Crippen LogP contribution < -0.4 is 9.46 Å². The molecule has 0 saturated heterocycles. The Hall–Kier alpha value is -1.93. The van der Waals surface area contributed by atoms with Crippen molar-refractivity contribution >= 4 is 27.3 Å². The van der Waals surface area contributed by atoms with Crippen molar-refractivity contribution in [3.63, 3.8) is 0 Å². The van der Waals surface area contributed by atoms with E-state index in [1.165, 1.54) is 37.4 Å². The van der Waals surface area contributed by atoms with E-state index >= 15 is 0 Å². The Balaban J connectivity index is 2.41. The van der Waals surface area contributed by atoms with E-state index < -0.39 is 27.5 Å². The van der Waals surface area contributed by atoms with Crippen molar-refractivity contribution in [2.24, 2.45) is 0 Å². The van der Waals surface area contributed by atoms with Crippen LogP contribution in [0.3, 0.4) is 0 Å². The van der Waals surface area contributed by atoms with Gasteiger partial charge in [0.25, 0.3) is 10.0 Å². The first-order valence-corrected chi connectivity index (χ1v) is 8.03. The van der Waals surface area contributed by atoms with Crippen LogP contribution in [0.2, 0.25) is 5.02 Å². The van der Waals surface area contributed by atoms with E-state index in [9.17, 15) is 21.6 Å². The van der Waals surface area contributed by atoms with Gasteiger partial charge in [0.05, 0.1) is 23.3 Å². The molecule has 9 heteroatoms. The summed E-state index contributed by atoms with van der Waals surface area (Å²) in [4.78, 5) is -0.193. The molecule has 0 fully saturated rings. The highest BCUT2D eigenvalue weighted by Gasteiger charge is 2.35. The van der Waals surface area contributed by atoms with E-state index in [1.807, 2.05) is 4.72 Å². The Morgan fingerprint density at radius 3 is 2.22 bits per heavy atom. The maximum absolute atomic E-state index is 13.0. The van der Waals surface area contributed by atoms with Gasteiger partial charge in [-0.1, -0.05) is 11.6 Å². The molecule has 0 amide bonds. The lowest BCUT2D eigenvalue weighted by Gasteiger charge is -2.15. The molecule has 0 spiro atoms. The van der Waals surface area contributed by atoms with Crippen LogP contribution >= 0.6 is 11.6 Å². The number of rotatable bonds is 4. The van der Waals surface area contributed by atoms with Crippen molar-refractivity contribution in [3.05, 3.63) is 53.1 Å². The number of benzene rings is 2. The number of nitrogens with one attached hydrogen (secondary N) is 1. The lowest BCUT2D eigenvalue weighted by Crippen LogP contribution is -2.17. The third kappa shape index (κ3) is 4.08. The maximum atomic E-state index is 13.0. The van der Waals surface area contributed by atoms with Gasteiger partial charge in [-0.3, -0.25) is 4.72 Å². The number of ether oxygens (including phenoxy) is 1. The van der Waals surface area contributed by atoms with Gasteiger partial charge >= 0.3 is 6.18 Å². The summed E-state index contributed by atoms with van der Waals surface area (Å²) in [6.45, 7) is 0. The zero-order valence-corrected chi connectivity index (χ0v) is 13.3. The predicted octanol–water partition coefficient (Wildman–Crippen LogP) is 4.17. The average molecular weight is 366 g/mol. The third-order valence-corrected chi connectivity index (χ3v) is 4.52. The van der Waals surface area contributed by atoms with E-state index in [-0.39, 0.29) is 9.92 Å². The zero-order chi connectivity index (χ0) is 17.3. The molecule has 1 N–H and O–H groups in total. The quantitative estimate of drug-likeness (QED) is 0.884. The number of halogens is 4. The maximum Gasteiger partial charge on any atom is 0.418 e. The van der Waals surface area contributed by atoms with Crippen molar-refractivity contribution in [1.29, 1.82) is 0 Å². The highest BCUT2D eigenvalue weighted by Crippen LogP contribution is 2.37. The van der Waals surface area contributed by atoms with Gasteiger partial charge in [0.15, 0.2) is 0 Å². The molecule has 2 aromatic rings. The van der Waals surface area contributed by atoms with Gasteiger partial charge in [-0.05, 0) is 42.5 Å². The van der Waals surface area contributed by atoms with Crippen LogP contribution in [0.4, 0.5) is 18.9 Å². The normalized spacial score (nSPS) is 12.0. The minimum atomic E-state index is -4.75. The highest BCUT2D eigenvalue weighted by molar-refractivity contribution is 7.92. The summed E-state index contributed by atoms with van der Waals surface area (Å²) in [5.74, 6) is 0.423. The molecule has 124 valence electrons. The van der Waals surface area contributed by atoms with E-state index in [1.54, 1.807) is 0 Å². The molecule has 4 nitrogen and oxygen atoms in total. The number of anilines is 1. The monoisotopic (exact) mass is 365 g/mol. The van der Waals surface area contributed by atoms with Crippen LogP contribution in [0.1, 0.15) is 5.56 Å². The number of hydrogen-bond acceptors (Lipinski definition) is 3. The molecule has 23 heavy (non-hydrogen) atoms. The lowest BCUT2D eigenvalue weighted by atomic mass is 10.2. The molecule has 0 unspecified atom stereocenters. The highest BCUT2D eigenvalue weighted by atomic mass is 35.5. The molecule has 0 aliphatic carbocycles. The standard InChI is InChI=1S/C14H11ClF3NO3S/c1-22-10-3-5-11(6-4-10)23(20,21)19-13-7-2-9(15)8-12(13)14(16,17)18/h2-8,19H,1H3. The Morgan fingerprint density at radius 1 is 1.09 bits per heavy atom. The molecular weight excluding hydrogens is 355 g/mol. The molecule has 0 atom stereocenters. The van der Waals surface area contributed by atoms with Gasteiger partial charge in [-0.15, -0.1) is 0 Å². The van der Waals surface area contributed by atoms with Gasteiger partial charge in [0, 0.05) is 5.02 Å². The molecule has 0 bridgehead atoms. The van der Waals surface area contributed by atoms with Gasteiger partial charge in [0.2, 0.25) is 0 Å². The number of methoxy groups -OCH3 is 1. The molecule has 0 aliphatic heterocycles. The van der Waals surface area contributed by atoms with Crippen LogP contribution in [-0.4, -0.2) is 15.5 Å². The minimum Gasteiger partial charge on any atom is -0.497 e. The Morgan fingerprint density at radius 2 is 1.70 bits per heavy atom. The van der Waals surface area contributed by atoms with Crippen molar-refractivity contribution in [3.8, 4) is 5.75 Å². The van der Waals surface area contributed by atoms with E-state index in [2.05, 4.69) is 0 Å². The fourth-order valence-electron chi connectivity index (χ4n) is 1.80. The van der Waals surface area contributed by atoms with Crippen LogP contribution in [0, 0.1) is 0 Å². The minimum absolute atomic E-state index is 0.148. The topological polar surface area (TPSA) is 55.4 Å². The van der Waals surface area contributed by atoms with Gasteiger partial charge in [0.1, 0.15) is 5.75 Å². The second-order valence-corrected chi connectivity index (χ2v) is 6.59. The van der Waals surface area contributed by atoms with Crippen molar-refractivity contribution in [2.45, 2.75) is 11.1 Å². The Labute approximate surface area is 135 Å². The number of sulfonamides is 1. The Bertz CT molecular complexity index is 805. The van der Waals surface area contributed by atoms with E-state index in [0.29, 0.717) is 11.8 Å². The summed E-state index contributed by atoms with van der Waals surface area (Å²) in [5, 5.41) is -0.148. The number of hydrogen-bond donors (Lipinski definition) is 1. The van der Waals surface area contributed by atoms with Gasteiger partial charge < -0.3 is 4.74 Å². The number of alkyl halides is 3. The predicted molar refractivity (Wildman–Crippen MR) is 80.3 cm³/mol. The summed E-state index contributed by atoms with van der Waals surface area (Å²) in [6, 6.07) is 8.03. The summed E-state index contributed by atoms with van der Waals surface area (Å²) < 4.78 is 70.2. The SMILES string of the molecule is COc1ccc(S(=O)(=O)Nc2ccc(Cl)cc2C(F)(F)F)cc1. The first kappa shape index (κ1) is 17.4. The van der Waals surface area contributed by atoms with Crippen molar-refractivity contribution in [1.82, 2.24) is 0 Å². The molecular formula is C14H11ClF3NO3S. The summed E-state index contributed by atoms with van der Waals surface area (Å²) in [6.07, 6.45) is -4.75. The van der Waals surface area contributed by atoms with E-state index in [0.717, 1.165) is 6.07 Å². The van der Waals surface area contributed by atoms with Crippen LogP contribution in [0.5, 0.6) is 5.75 Å². The summed E-state index contributed by atoms with van der Waals surface area (Å²) in [5.41, 5.74) is -1.76. The van der Waals surface area contributed by atoms with Crippen LogP contribution in [0.25, 0.3) is 0 Å². The smallest absolute Gasteiger partial charge is 0.418 e. The first-order chi connectivity index (χ1) is 10.6. The summed E-state index contributed by atoms with van der Waals surface area (Å²) >= 11 is 5.55. The fourth-order valence-corrected chi connectivity index (χ4v) is 3.05. The van der Waals surface area contributed by atoms with Crippen LogP contribution in [-0.2, 0) is 16.2 Å². The summed E-state index contributed by atoms with van der Waals surface area (Å²) in [7, 11) is -2.77. The average Bonchev–Trinajstić information content (AvgIpc) is 2.48. The second-order valence-electron chi connectivity index (χ2n) is 4.47. The second kappa shape index (κ2) is 6.29. The molecule has 0 aromatic heterocycles. The van der Waals surface area contributed by atoms with Gasteiger partial charge in [-0.25, -0.2) is 8.42 Å². The molecule has 0 heterocycles.